The van der Waals surface area contributed by atoms with E-state index < -0.39 is 4.92 Å². The molecular weight excluding hydrogens is 428 g/mol. The van der Waals surface area contributed by atoms with Crippen LogP contribution in [0, 0.1) is 17.0 Å². The minimum absolute atomic E-state index is 0.0466. The molecule has 0 unspecified atom stereocenters. The molecule has 3 aromatic carbocycles. The molecule has 32 heavy (non-hydrogen) atoms. The van der Waals surface area contributed by atoms with E-state index in [1.165, 1.54) is 29.7 Å². The number of anilines is 1. The Hall–Kier alpha value is -3.98. The monoisotopic (exact) mass is 448 g/mol. The first-order valence-electron chi connectivity index (χ1n) is 9.84. The maximum absolute atomic E-state index is 11.2. The highest BCUT2D eigenvalue weighted by atomic mass is 32.1. The second kappa shape index (κ2) is 9.88. The van der Waals surface area contributed by atoms with Gasteiger partial charge < -0.3 is 9.47 Å². The summed E-state index contributed by atoms with van der Waals surface area (Å²) in [7, 11) is 0. The van der Waals surface area contributed by atoms with Crippen molar-refractivity contribution < 1.29 is 14.4 Å². The topological polar surface area (TPSA) is 98.9 Å². The first-order valence-corrected chi connectivity index (χ1v) is 10.7. The number of nitrogens with one attached hydrogen (secondary N) is 1. The van der Waals surface area contributed by atoms with Crippen LogP contribution in [0.2, 0.25) is 0 Å². The molecule has 4 aromatic rings. The third-order valence-corrected chi connectivity index (χ3v) is 5.43. The van der Waals surface area contributed by atoms with Crippen LogP contribution in [0.4, 0.5) is 10.8 Å². The number of fused-ring (bicyclic) bond motifs is 1. The lowest BCUT2D eigenvalue weighted by atomic mass is 10.2. The smallest absolute Gasteiger partial charge is 0.270 e. The minimum atomic E-state index is -0.456. The molecule has 0 saturated heterocycles. The van der Waals surface area contributed by atoms with Crippen molar-refractivity contribution in [1.29, 1.82) is 0 Å². The molecule has 162 valence electrons. The maximum Gasteiger partial charge on any atom is 0.270 e. The first-order chi connectivity index (χ1) is 15.6. The van der Waals surface area contributed by atoms with Crippen molar-refractivity contribution in [2.24, 2.45) is 5.10 Å². The van der Waals surface area contributed by atoms with E-state index in [-0.39, 0.29) is 12.3 Å². The molecule has 8 nitrogen and oxygen atoms in total. The van der Waals surface area contributed by atoms with Crippen LogP contribution < -0.4 is 14.9 Å². The molecular formula is C23H20N4O4S. The SMILES string of the molecule is Cc1ccc(OCCOc2ccc([N+](=O)[O-])cc2/C=N/Nc2nc3ccccc3s2)cc1. The van der Waals surface area contributed by atoms with Crippen molar-refractivity contribution in [2.45, 2.75) is 6.92 Å². The number of rotatable bonds is 9. The van der Waals surface area contributed by atoms with Crippen LogP contribution >= 0.6 is 11.3 Å². The standard InChI is InChI=1S/C23H20N4O4S/c1-16-6-9-19(10-7-16)30-12-13-31-21-11-8-18(27(28)29)14-17(21)15-24-26-23-25-20-4-2-3-5-22(20)32-23/h2-11,14-15H,12-13H2,1H3,(H,25,26)/b24-15+. The molecule has 0 atom stereocenters. The highest BCUT2D eigenvalue weighted by molar-refractivity contribution is 7.22. The van der Waals surface area contributed by atoms with E-state index in [4.69, 9.17) is 9.47 Å². The fourth-order valence-electron chi connectivity index (χ4n) is 2.90. The Balaban J connectivity index is 1.41. The maximum atomic E-state index is 11.2. The van der Waals surface area contributed by atoms with Gasteiger partial charge in [-0.1, -0.05) is 41.2 Å². The van der Waals surface area contributed by atoms with Crippen LogP contribution in [0.15, 0.2) is 71.8 Å². The Morgan fingerprint density at radius 1 is 1.09 bits per heavy atom. The predicted molar refractivity (Wildman–Crippen MR) is 126 cm³/mol. The van der Waals surface area contributed by atoms with Gasteiger partial charge in [0, 0.05) is 17.7 Å². The summed E-state index contributed by atoms with van der Waals surface area (Å²) in [5.74, 6) is 1.22. The molecule has 0 aliphatic carbocycles. The summed E-state index contributed by atoms with van der Waals surface area (Å²) < 4.78 is 12.5. The predicted octanol–water partition coefficient (Wildman–Crippen LogP) is 5.42. The van der Waals surface area contributed by atoms with Crippen LogP contribution in [-0.4, -0.2) is 29.3 Å². The third kappa shape index (κ3) is 5.38. The Labute approximate surface area is 188 Å². The van der Waals surface area contributed by atoms with Crippen LogP contribution in [0.1, 0.15) is 11.1 Å². The second-order valence-electron chi connectivity index (χ2n) is 6.85. The summed E-state index contributed by atoms with van der Waals surface area (Å²) in [4.78, 5) is 15.2. The van der Waals surface area contributed by atoms with Gasteiger partial charge in [0.25, 0.3) is 5.69 Å². The van der Waals surface area contributed by atoms with E-state index in [0.29, 0.717) is 23.1 Å². The zero-order valence-electron chi connectivity index (χ0n) is 17.2. The number of non-ortho nitro benzene ring substituents is 1. The Morgan fingerprint density at radius 2 is 1.88 bits per heavy atom. The van der Waals surface area contributed by atoms with E-state index in [1.807, 2.05) is 55.5 Å². The number of hydrogen-bond donors (Lipinski definition) is 1. The number of nitro groups is 1. The largest absolute Gasteiger partial charge is 0.490 e. The van der Waals surface area contributed by atoms with E-state index in [0.717, 1.165) is 21.5 Å². The van der Waals surface area contributed by atoms with Gasteiger partial charge in [-0.3, -0.25) is 15.5 Å². The van der Waals surface area contributed by atoms with Crippen LogP contribution in [0.3, 0.4) is 0 Å². The van der Waals surface area contributed by atoms with Gasteiger partial charge in [-0.05, 0) is 37.3 Å². The van der Waals surface area contributed by atoms with Crippen LogP contribution in [0.5, 0.6) is 11.5 Å². The number of benzene rings is 3. The van der Waals surface area contributed by atoms with Crippen molar-refractivity contribution in [2.75, 3.05) is 18.6 Å². The summed E-state index contributed by atoms with van der Waals surface area (Å²) in [5.41, 5.74) is 5.34. The van der Waals surface area contributed by atoms with Gasteiger partial charge in [0.2, 0.25) is 5.13 Å². The average Bonchev–Trinajstić information content (AvgIpc) is 3.21. The summed E-state index contributed by atoms with van der Waals surface area (Å²) in [5, 5.41) is 16.0. The van der Waals surface area contributed by atoms with E-state index in [9.17, 15) is 10.1 Å². The Kier molecular flexibility index (Phi) is 6.57. The normalized spacial score (nSPS) is 11.0. The molecule has 1 aromatic heterocycles. The summed E-state index contributed by atoms with van der Waals surface area (Å²) in [6.07, 6.45) is 1.48. The molecule has 0 spiro atoms. The zero-order valence-corrected chi connectivity index (χ0v) is 18.0. The van der Waals surface area contributed by atoms with Crippen molar-refractivity contribution in [3.63, 3.8) is 0 Å². The number of aromatic nitrogens is 1. The molecule has 0 aliphatic rings. The molecule has 4 rings (SSSR count). The van der Waals surface area contributed by atoms with Gasteiger partial charge in [0.15, 0.2) is 0 Å². The van der Waals surface area contributed by atoms with E-state index in [1.54, 1.807) is 6.07 Å². The molecule has 0 amide bonds. The lowest BCUT2D eigenvalue weighted by Gasteiger charge is -2.10. The van der Waals surface area contributed by atoms with Gasteiger partial charge in [-0.2, -0.15) is 5.10 Å². The number of ether oxygens (including phenoxy) is 2. The number of nitro benzene ring substituents is 1. The van der Waals surface area contributed by atoms with Crippen molar-refractivity contribution >= 4 is 38.6 Å². The average molecular weight is 449 g/mol. The number of hydrogen-bond acceptors (Lipinski definition) is 8. The van der Waals surface area contributed by atoms with Crippen molar-refractivity contribution in [3.8, 4) is 11.5 Å². The lowest BCUT2D eigenvalue weighted by molar-refractivity contribution is -0.384. The fourth-order valence-corrected chi connectivity index (χ4v) is 3.72. The van der Waals surface area contributed by atoms with Gasteiger partial charge in [-0.15, -0.1) is 0 Å². The molecule has 9 heteroatoms. The fraction of sp³-hybridized carbons (Fsp3) is 0.130. The number of aryl methyl sites for hydroxylation is 1. The number of para-hydroxylation sites is 1. The molecule has 0 fully saturated rings. The molecule has 0 bridgehead atoms. The van der Waals surface area contributed by atoms with Crippen molar-refractivity contribution in [3.05, 3.63) is 88.0 Å². The minimum Gasteiger partial charge on any atom is -0.490 e. The lowest BCUT2D eigenvalue weighted by Crippen LogP contribution is -2.10. The molecule has 1 heterocycles. The molecule has 0 aliphatic heterocycles. The van der Waals surface area contributed by atoms with Gasteiger partial charge in [0.1, 0.15) is 24.7 Å². The van der Waals surface area contributed by atoms with Crippen molar-refractivity contribution in [1.82, 2.24) is 4.98 Å². The molecule has 0 saturated carbocycles. The van der Waals surface area contributed by atoms with Crippen LogP contribution in [-0.2, 0) is 0 Å². The van der Waals surface area contributed by atoms with Crippen LogP contribution in [0.25, 0.3) is 10.2 Å². The molecule has 1 N–H and O–H groups in total. The Bertz CT molecular complexity index is 1220. The highest BCUT2D eigenvalue weighted by Gasteiger charge is 2.11. The number of thiazole rings is 1. The summed E-state index contributed by atoms with van der Waals surface area (Å²) in [6.45, 7) is 2.62. The third-order valence-electron chi connectivity index (χ3n) is 4.49. The van der Waals surface area contributed by atoms with E-state index >= 15 is 0 Å². The second-order valence-corrected chi connectivity index (χ2v) is 7.88. The first kappa shape index (κ1) is 21.3. The highest BCUT2D eigenvalue weighted by Crippen LogP contribution is 2.26. The molecule has 0 radical (unpaired) electrons. The number of nitrogens with zero attached hydrogens (tertiary/aromatic N) is 3. The summed E-state index contributed by atoms with van der Waals surface area (Å²) in [6, 6.07) is 19.9. The van der Waals surface area contributed by atoms with Gasteiger partial charge >= 0.3 is 0 Å². The van der Waals surface area contributed by atoms with Gasteiger partial charge in [-0.25, -0.2) is 4.98 Å². The zero-order chi connectivity index (χ0) is 22.3. The Morgan fingerprint density at radius 3 is 2.66 bits per heavy atom. The number of hydrazone groups is 1. The van der Waals surface area contributed by atoms with E-state index in [2.05, 4.69) is 15.5 Å². The summed E-state index contributed by atoms with van der Waals surface area (Å²) >= 11 is 1.47. The quantitative estimate of drug-likeness (QED) is 0.159. The van der Waals surface area contributed by atoms with Gasteiger partial charge in [0.05, 0.1) is 21.4 Å².